The Kier molecular flexibility index (Phi) is 3.49. The number of imidazole rings is 1. The molecule has 2 aliphatic rings. The topological polar surface area (TPSA) is 43.6 Å². The van der Waals surface area contributed by atoms with Gasteiger partial charge in [-0.15, -0.1) is 0 Å². The first kappa shape index (κ1) is 11.0. The highest BCUT2D eigenvalue weighted by molar-refractivity contribution is 5.47. The zero-order valence-electron chi connectivity index (χ0n) is 9.90. The Morgan fingerprint density at radius 2 is 2.12 bits per heavy atom. The molecule has 0 aromatic heterocycles. The Morgan fingerprint density at radius 1 is 1.25 bits per heavy atom. The summed E-state index contributed by atoms with van der Waals surface area (Å²) in [5.74, 6) is 1.76. The molecule has 0 N–H and O–H groups in total. The first-order valence-corrected chi connectivity index (χ1v) is 5.87. The van der Waals surface area contributed by atoms with Crippen molar-refractivity contribution in [2.45, 2.75) is 39.0 Å². The van der Waals surface area contributed by atoms with Crippen LogP contribution in [-0.2, 0) is 13.5 Å². The molecule has 0 amide bonds. The summed E-state index contributed by atoms with van der Waals surface area (Å²) in [4.78, 5) is 12.7. The number of fused-ring (bicyclic) bond motifs is 1. The smallest absolute Gasteiger partial charge is 0.183 e. The van der Waals surface area contributed by atoms with E-state index in [2.05, 4.69) is 28.1 Å². The molecule has 2 rings (SSSR count). The van der Waals surface area contributed by atoms with E-state index in [1.807, 2.05) is 11.6 Å². The molecule has 0 atom stereocenters. The Bertz CT molecular complexity index is 421. The lowest BCUT2D eigenvalue weighted by molar-refractivity contribution is 0.628. The van der Waals surface area contributed by atoms with E-state index in [4.69, 9.17) is 0 Å². The van der Waals surface area contributed by atoms with Crippen LogP contribution in [0.2, 0.25) is 0 Å². The molecule has 0 aromatic rings. The number of unbranched alkanes of at least 4 members (excludes halogenated alkanes) is 3. The maximum Gasteiger partial charge on any atom is 0.183 e. The van der Waals surface area contributed by atoms with Gasteiger partial charge in [-0.1, -0.05) is 26.2 Å². The van der Waals surface area contributed by atoms with E-state index in [0.717, 1.165) is 17.9 Å². The summed E-state index contributed by atoms with van der Waals surface area (Å²) in [6, 6.07) is 0. The summed E-state index contributed by atoms with van der Waals surface area (Å²) in [6.07, 6.45) is 10.7. The van der Waals surface area contributed by atoms with Gasteiger partial charge in [0.05, 0.1) is 6.20 Å². The van der Waals surface area contributed by atoms with E-state index in [1.165, 1.54) is 32.0 Å². The molecule has 4 nitrogen and oxygen atoms in total. The van der Waals surface area contributed by atoms with Crippen LogP contribution in [0.25, 0.3) is 11.5 Å². The van der Waals surface area contributed by atoms with Crippen LogP contribution in [0.15, 0.2) is 6.33 Å². The SMILES string of the molecule is CCCCCCc1nc2ncnc-2[c]n1C. The normalized spacial score (nSPS) is 11.1. The Hall–Kier alpha value is -1.45. The zero-order chi connectivity index (χ0) is 11.4. The predicted molar refractivity (Wildman–Crippen MR) is 62.1 cm³/mol. The Morgan fingerprint density at radius 3 is 2.94 bits per heavy atom. The summed E-state index contributed by atoms with van der Waals surface area (Å²) in [5, 5.41) is 0. The molecule has 0 aliphatic carbocycles. The monoisotopic (exact) mass is 217 g/mol. The highest BCUT2D eigenvalue weighted by Gasteiger charge is 2.10. The first-order valence-electron chi connectivity index (χ1n) is 5.87. The van der Waals surface area contributed by atoms with Gasteiger partial charge in [0.2, 0.25) is 0 Å². The fourth-order valence-corrected chi connectivity index (χ4v) is 1.77. The standard InChI is InChI=1S/C12H17N4/c1-3-4-5-6-7-11-15-12-10(8-16(11)2)13-9-14-12/h9H,3-7H2,1-2H3. The van der Waals surface area contributed by atoms with E-state index in [9.17, 15) is 0 Å². The lowest BCUT2D eigenvalue weighted by Crippen LogP contribution is -2.07. The third-order valence-corrected chi connectivity index (χ3v) is 2.73. The quantitative estimate of drug-likeness (QED) is 0.721. The van der Waals surface area contributed by atoms with Crippen LogP contribution in [-0.4, -0.2) is 19.5 Å². The molecule has 0 spiro atoms. The lowest BCUT2D eigenvalue weighted by atomic mass is 10.1. The second-order valence-electron chi connectivity index (χ2n) is 4.06. The number of aryl methyl sites for hydroxylation is 2. The highest BCUT2D eigenvalue weighted by atomic mass is 15.1. The summed E-state index contributed by atoms with van der Waals surface area (Å²) in [5.41, 5.74) is 0.750. The van der Waals surface area contributed by atoms with Crippen molar-refractivity contribution in [2.24, 2.45) is 7.05 Å². The number of hydrogen-bond acceptors (Lipinski definition) is 3. The van der Waals surface area contributed by atoms with Crippen LogP contribution in [0.5, 0.6) is 0 Å². The summed E-state index contributed by atoms with van der Waals surface area (Å²) < 4.78 is 1.93. The highest BCUT2D eigenvalue weighted by Crippen LogP contribution is 2.14. The molecule has 0 saturated carbocycles. The van der Waals surface area contributed by atoms with Crippen molar-refractivity contribution in [3.05, 3.63) is 18.3 Å². The van der Waals surface area contributed by atoms with Crippen molar-refractivity contribution in [1.82, 2.24) is 19.5 Å². The Labute approximate surface area is 96.1 Å². The van der Waals surface area contributed by atoms with Gasteiger partial charge in [-0.3, -0.25) is 0 Å². The minimum atomic E-state index is 0.712. The summed E-state index contributed by atoms with van der Waals surface area (Å²) in [6.45, 7) is 2.22. The number of nitrogens with zero attached hydrogens (tertiary/aromatic N) is 4. The maximum atomic E-state index is 4.49. The third-order valence-electron chi connectivity index (χ3n) is 2.73. The molecular formula is C12H17N4. The van der Waals surface area contributed by atoms with Gasteiger partial charge >= 0.3 is 0 Å². The van der Waals surface area contributed by atoms with E-state index < -0.39 is 0 Å². The molecule has 0 bridgehead atoms. The van der Waals surface area contributed by atoms with Gasteiger partial charge in [-0.05, 0) is 6.42 Å². The first-order chi connectivity index (χ1) is 7.81. The number of rotatable bonds is 5. The zero-order valence-corrected chi connectivity index (χ0v) is 9.90. The van der Waals surface area contributed by atoms with Gasteiger partial charge in [0, 0.05) is 13.5 Å². The van der Waals surface area contributed by atoms with Crippen LogP contribution < -0.4 is 0 Å². The number of hydrogen-bond donors (Lipinski definition) is 0. The average molecular weight is 217 g/mol. The van der Waals surface area contributed by atoms with Gasteiger partial charge in [0.25, 0.3) is 0 Å². The molecule has 0 unspecified atom stereocenters. The van der Waals surface area contributed by atoms with Crippen LogP contribution in [0.4, 0.5) is 0 Å². The van der Waals surface area contributed by atoms with Crippen LogP contribution in [0, 0.1) is 6.20 Å². The van der Waals surface area contributed by atoms with Crippen molar-refractivity contribution in [1.29, 1.82) is 0 Å². The van der Waals surface area contributed by atoms with Gasteiger partial charge < -0.3 is 4.57 Å². The Balaban J connectivity index is 2.06. The maximum absolute atomic E-state index is 4.49. The molecule has 16 heavy (non-hydrogen) atoms. The van der Waals surface area contributed by atoms with E-state index >= 15 is 0 Å². The van der Waals surface area contributed by atoms with Crippen molar-refractivity contribution >= 4 is 0 Å². The van der Waals surface area contributed by atoms with Gasteiger partial charge in [0.1, 0.15) is 17.8 Å². The van der Waals surface area contributed by atoms with Gasteiger partial charge in [0.15, 0.2) is 5.82 Å². The van der Waals surface area contributed by atoms with Crippen LogP contribution in [0.3, 0.4) is 0 Å². The molecule has 2 heterocycles. The summed E-state index contributed by atoms with van der Waals surface area (Å²) in [7, 11) is 1.97. The molecule has 0 fully saturated rings. The third kappa shape index (κ3) is 2.38. The van der Waals surface area contributed by atoms with Crippen molar-refractivity contribution in [3.8, 4) is 11.5 Å². The molecule has 0 aromatic carbocycles. The van der Waals surface area contributed by atoms with Crippen LogP contribution >= 0.6 is 0 Å². The van der Waals surface area contributed by atoms with E-state index in [1.54, 1.807) is 0 Å². The van der Waals surface area contributed by atoms with Gasteiger partial charge in [-0.25, -0.2) is 15.0 Å². The van der Waals surface area contributed by atoms with E-state index in [0.29, 0.717) is 5.82 Å². The van der Waals surface area contributed by atoms with Crippen molar-refractivity contribution in [3.63, 3.8) is 0 Å². The molecule has 2 aliphatic heterocycles. The largest absolute Gasteiger partial charge is 0.329 e. The molecular weight excluding hydrogens is 200 g/mol. The molecule has 1 radical (unpaired) electrons. The molecule has 0 saturated heterocycles. The molecule has 85 valence electrons. The second kappa shape index (κ2) is 5.05. The second-order valence-corrected chi connectivity index (χ2v) is 4.06. The predicted octanol–water partition coefficient (Wildman–Crippen LogP) is 2.24. The van der Waals surface area contributed by atoms with Gasteiger partial charge in [-0.2, -0.15) is 0 Å². The fourth-order valence-electron chi connectivity index (χ4n) is 1.77. The minimum absolute atomic E-state index is 0.712. The molecule has 4 heteroatoms. The van der Waals surface area contributed by atoms with Crippen molar-refractivity contribution in [2.75, 3.05) is 0 Å². The summed E-state index contributed by atoms with van der Waals surface area (Å²) >= 11 is 0. The fraction of sp³-hybridized carbons (Fsp3) is 0.583. The lowest BCUT2D eigenvalue weighted by Gasteiger charge is -2.08. The van der Waals surface area contributed by atoms with Crippen LogP contribution in [0.1, 0.15) is 38.4 Å². The average Bonchev–Trinajstić information content (AvgIpc) is 2.71. The number of aromatic nitrogens is 4. The van der Waals surface area contributed by atoms with Crippen molar-refractivity contribution < 1.29 is 0 Å². The minimum Gasteiger partial charge on any atom is -0.329 e. The van der Waals surface area contributed by atoms with E-state index in [-0.39, 0.29) is 0 Å².